The molecule has 14 heavy (non-hydrogen) atoms. The fourth-order valence-corrected chi connectivity index (χ4v) is 3.11. The van der Waals surface area contributed by atoms with Gasteiger partial charge < -0.3 is 10.1 Å². The van der Waals surface area contributed by atoms with E-state index in [1.807, 2.05) is 0 Å². The van der Waals surface area contributed by atoms with Gasteiger partial charge >= 0.3 is 0 Å². The van der Waals surface area contributed by atoms with Crippen molar-refractivity contribution < 1.29 is 4.74 Å². The number of fused-ring (bicyclic) bond motifs is 1. The molecule has 1 saturated heterocycles. The molecule has 2 aliphatic rings. The van der Waals surface area contributed by atoms with Crippen LogP contribution < -0.4 is 5.32 Å². The number of ether oxygens (including phenoxy) is 1. The van der Waals surface area contributed by atoms with Crippen LogP contribution in [0.5, 0.6) is 0 Å². The number of nitrogens with one attached hydrogen (secondary N) is 1. The highest BCUT2D eigenvalue weighted by molar-refractivity contribution is 5.11. The van der Waals surface area contributed by atoms with E-state index in [0.717, 1.165) is 6.61 Å². The van der Waals surface area contributed by atoms with Crippen molar-refractivity contribution in [2.75, 3.05) is 13.2 Å². The van der Waals surface area contributed by atoms with Gasteiger partial charge in [-0.3, -0.25) is 0 Å². The van der Waals surface area contributed by atoms with Crippen LogP contribution in [0.4, 0.5) is 0 Å². The Balaban J connectivity index is 2.00. The summed E-state index contributed by atoms with van der Waals surface area (Å²) >= 11 is 0. The average molecular weight is 193 g/mol. The zero-order chi connectivity index (χ0) is 10.2. The van der Waals surface area contributed by atoms with Crippen LogP contribution in [0.25, 0.3) is 0 Å². The van der Waals surface area contributed by atoms with Gasteiger partial charge in [0, 0.05) is 24.0 Å². The molecule has 1 aliphatic heterocycles. The molecule has 1 aliphatic carbocycles. The second kappa shape index (κ2) is 3.56. The number of hydrogen-bond donors (Lipinski definition) is 1. The van der Waals surface area contributed by atoms with Gasteiger partial charge in [-0.05, 0) is 12.8 Å². The molecule has 0 bridgehead atoms. The first-order valence-electron chi connectivity index (χ1n) is 5.46. The summed E-state index contributed by atoms with van der Waals surface area (Å²) in [6.07, 6.45) is 8.21. The third-order valence-electron chi connectivity index (χ3n) is 3.76. The number of hydrogen-bond acceptors (Lipinski definition) is 2. The SMILES string of the molecule is C#CCNC1C2CCCOC2C1(C)C. The van der Waals surface area contributed by atoms with Gasteiger partial charge in [0.15, 0.2) is 0 Å². The van der Waals surface area contributed by atoms with E-state index in [0.29, 0.717) is 24.6 Å². The van der Waals surface area contributed by atoms with Gasteiger partial charge in [-0.25, -0.2) is 0 Å². The van der Waals surface area contributed by atoms with Crippen molar-refractivity contribution >= 4 is 0 Å². The van der Waals surface area contributed by atoms with Crippen LogP contribution in [0.3, 0.4) is 0 Å². The molecular formula is C12H19NO. The lowest BCUT2D eigenvalue weighted by Crippen LogP contribution is -2.69. The fraction of sp³-hybridized carbons (Fsp3) is 0.833. The average Bonchev–Trinajstić information content (AvgIpc) is 2.18. The predicted octanol–water partition coefficient (Wildman–Crippen LogP) is 1.41. The molecule has 0 radical (unpaired) electrons. The van der Waals surface area contributed by atoms with Gasteiger partial charge in [0.05, 0.1) is 12.6 Å². The Morgan fingerprint density at radius 1 is 1.57 bits per heavy atom. The molecule has 2 nitrogen and oxygen atoms in total. The van der Waals surface area contributed by atoms with Crippen LogP contribution in [0.15, 0.2) is 0 Å². The minimum Gasteiger partial charge on any atom is -0.377 e. The maximum absolute atomic E-state index is 5.81. The van der Waals surface area contributed by atoms with Crippen molar-refractivity contribution in [2.24, 2.45) is 11.3 Å². The molecule has 78 valence electrons. The third kappa shape index (κ3) is 1.36. The summed E-state index contributed by atoms with van der Waals surface area (Å²) in [7, 11) is 0. The smallest absolute Gasteiger partial charge is 0.0684 e. The fourth-order valence-electron chi connectivity index (χ4n) is 3.11. The Bertz CT molecular complexity index is 254. The quantitative estimate of drug-likeness (QED) is 0.670. The van der Waals surface area contributed by atoms with Crippen molar-refractivity contribution in [3.8, 4) is 12.3 Å². The molecule has 0 amide bonds. The summed E-state index contributed by atoms with van der Waals surface area (Å²) in [6.45, 7) is 6.16. The standard InChI is InChI=1S/C12H19NO/c1-4-7-13-10-9-6-5-8-14-11(9)12(10,2)3/h1,9-11,13H,5-8H2,2-3H3. The summed E-state index contributed by atoms with van der Waals surface area (Å²) in [5, 5.41) is 3.44. The third-order valence-corrected chi connectivity index (χ3v) is 3.76. The van der Waals surface area contributed by atoms with E-state index in [1.165, 1.54) is 12.8 Å². The van der Waals surface area contributed by atoms with Crippen molar-refractivity contribution in [1.82, 2.24) is 5.32 Å². The van der Waals surface area contributed by atoms with Crippen molar-refractivity contribution in [2.45, 2.75) is 38.8 Å². The zero-order valence-electron chi connectivity index (χ0n) is 9.05. The number of rotatable bonds is 2. The van der Waals surface area contributed by atoms with Gasteiger partial charge in [-0.1, -0.05) is 19.8 Å². The van der Waals surface area contributed by atoms with Gasteiger partial charge in [-0.15, -0.1) is 6.42 Å². The summed E-state index contributed by atoms with van der Waals surface area (Å²) < 4.78 is 5.81. The minimum atomic E-state index is 0.252. The highest BCUT2D eigenvalue weighted by Gasteiger charge is 2.57. The van der Waals surface area contributed by atoms with Gasteiger partial charge in [0.2, 0.25) is 0 Å². The normalized spacial score (nSPS) is 39.4. The molecule has 2 heteroatoms. The van der Waals surface area contributed by atoms with Crippen LogP contribution in [-0.2, 0) is 4.74 Å². The van der Waals surface area contributed by atoms with E-state index in [9.17, 15) is 0 Å². The molecule has 0 aromatic heterocycles. The summed E-state index contributed by atoms with van der Waals surface area (Å²) in [5.41, 5.74) is 0.252. The Morgan fingerprint density at radius 3 is 3.07 bits per heavy atom. The first kappa shape index (κ1) is 10.0. The predicted molar refractivity (Wildman–Crippen MR) is 56.9 cm³/mol. The Labute approximate surface area is 86.4 Å². The summed E-state index contributed by atoms with van der Waals surface area (Å²) in [4.78, 5) is 0. The van der Waals surface area contributed by atoms with Crippen LogP contribution in [0.1, 0.15) is 26.7 Å². The molecule has 3 unspecified atom stereocenters. The largest absolute Gasteiger partial charge is 0.377 e. The van der Waals surface area contributed by atoms with E-state index in [2.05, 4.69) is 25.1 Å². The lowest BCUT2D eigenvalue weighted by atomic mass is 9.55. The van der Waals surface area contributed by atoms with E-state index >= 15 is 0 Å². The highest BCUT2D eigenvalue weighted by atomic mass is 16.5. The molecule has 3 atom stereocenters. The maximum Gasteiger partial charge on any atom is 0.0684 e. The molecule has 1 N–H and O–H groups in total. The monoisotopic (exact) mass is 193 g/mol. The summed E-state index contributed by atoms with van der Waals surface area (Å²) in [6, 6.07) is 0.545. The molecule has 0 spiro atoms. The lowest BCUT2D eigenvalue weighted by Gasteiger charge is -2.60. The van der Waals surface area contributed by atoms with Crippen molar-refractivity contribution in [1.29, 1.82) is 0 Å². The second-order valence-corrected chi connectivity index (χ2v) is 4.98. The molecule has 1 saturated carbocycles. The molecule has 0 aromatic rings. The maximum atomic E-state index is 5.81. The van der Waals surface area contributed by atoms with Crippen LogP contribution >= 0.6 is 0 Å². The highest BCUT2D eigenvalue weighted by Crippen LogP contribution is 2.51. The lowest BCUT2D eigenvalue weighted by molar-refractivity contribution is -0.191. The molecule has 2 rings (SSSR count). The Kier molecular flexibility index (Phi) is 2.55. The van der Waals surface area contributed by atoms with E-state index in [1.54, 1.807) is 0 Å². The van der Waals surface area contributed by atoms with E-state index in [4.69, 9.17) is 11.2 Å². The van der Waals surface area contributed by atoms with Crippen molar-refractivity contribution in [3.63, 3.8) is 0 Å². The van der Waals surface area contributed by atoms with E-state index < -0.39 is 0 Å². The van der Waals surface area contributed by atoms with E-state index in [-0.39, 0.29) is 5.41 Å². The van der Waals surface area contributed by atoms with Crippen LogP contribution in [0, 0.1) is 23.7 Å². The Morgan fingerprint density at radius 2 is 2.36 bits per heavy atom. The van der Waals surface area contributed by atoms with Crippen LogP contribution in [0.2, 0.25) is 0 Å². The molecule has 2 fully saturated rings. The minimum absolute atomic E-state index is 0.252. The first-order valence-corrected chi connectivity index (χ1v) is 5.46. The van der Waals surface area contributed by atoms with Crippen LogP contribution in [-0.4, -0.2) is 25.3 Å². The molecule has 1 heterocycles. The Hall–Kier alpha value is -0.520. The first-order chi connectivity index (χ1) is 6.68. The van der Waals surface area contributed by atoms with Gasteiger partial charge in [0.25, 0.3) is 0 Å². The topological polar surface area (TPSA) is 21.3 Å². The van der Waals surface area contributed by atoms with Crippen molar-refractivity contribution in [3.05, 3.63) is 0 Å². The van der Waals surface area contributed by atoms with Gasteiger partial charge in [0.1, 0.15) is 0 Å². The number of terminal acetylenes is 1. The zero-order valence-corrected chi connectivity index (χ0v) is 9.05. The van der Waals surface area contributed by atoms with Gasteiger partial charge in [-0.2, -0.15) is 0 Å². The second-order valence-electron chi connectivity index (χ2n) is 4.98. The molecule has 0 aromatic carbocycles. The molecular weight excluding hydrogens is 174 g/mol. The summed E-state index contributed by atoms with van der Waals surface area (Å²) in [5.74, 6) is 3.34.